The van der Waals surface area contributed by atoms with Gasteiger partial charge < -0.3 is 14.9 Å². The second kappa shape index (κ2) is 6.39. The Balaban J connectivity index is 1.86. The van der Waals surface area contributed by atoms with Gasteiger partial charge in [-0.05, 0) is 26.0 Å². The lowest BCUT2D eigenvalue weighted by molar-refractivity contribution is -0.120. The molecule has 0 bridgehead atoms. The maximum absolute atomic E-state index is 11.8. The van der Waals surface area contributed by atoms with Crippen LogP contribution in [0.1, 0.15) is 28.0 Å². The second-order valence-electron chi connectivity index (χ2n) is 4.44. The lowest BCUT2D eigenvalue weighted by Crippen LogP contribution is -2.29. The van der Waals surface area contributed by atoms with Crippen LogP contribution in [0.2, 0.25) is 4.34 Å². The number of carbonyl (C=O) groups is 1. The number of aromatic nitrogens is 1. The number of nitrogens with one attached hydrogen (secondary N) is 1. The molecule has 2 aromatic rings. The highest BCUT2D eigenvalue weighted by Crippen LogP contribution is 2.26. The number of aliphatic hydroxyl groups is 1. The minimum absolute atomic E-state index is 0.152. The Labute approximate surface area is 125 Å². The number of hydrogen-bond donors (Lipinski definition) is 2. The van der Waals surface area contributed by atoms with E-state index in [-0.39, 0.29) is 18.9 Å². The van der Waals surface area contributed by atoms with E-state index < -0.39 is 6.10 Å². The molecule has 0 fully saturated rings. The summed E-state index contributed by atoms with van der Waals surface area (Å²) in [5, 5.41) is 16.4. The number of nitrogens with zero attached hydrogens (tertiary/aromatic N) is 1. The van der Waals surface area contributed by atoms with Gasteiger partial charge in [0, 0.05) is 17.0 Å². The van der Waals surface area contributed by atoms with Gasteiger partial charge >= 0.3 is 0 Å². The third-order valence-electron chi connectivity index (χ3n) is 2.93. The summed E-state index contributed by atoms with van der Waals surface area (Å²) in [5.41, 5.74) is 1.50. The van der Waals surface area contributed by atoms with Crippen molar-refractivity contribution in [1.29, 1.82) is 0 Å². The minimum Gasteiger partial charge on any atom is -0.386 e. The number of amides is 1. The predicted molar refractivity (Wildman–Crippen MR) is 77.0 cm³/mol. The van der Waals surface area contributed by atoms with Crippen molar-refractivity contribution in [3.05, 3.63) is 38.4 Å². The summed E-state index contributed by atoms with van der Waals surface area (Å²) >= 11 is 7.10. The first-order valence-electron chi connectivity index (χ1n) is 6.09. The van der Waals surface area contributed by atoms with Crippen molar-refractivity contribution in [1.82, 2.24) is 10.5 Å². The van der Waals surface area contributed by atoms with Crippen LogP contribution in [0, 0.1) is 13.8 Å². The molecule has 0 unspecified atom stereocenters. The van der Waals surface area contributed by atoms with Crippen molar-refractivity contribution >= 4 is 28.8 Å². The van der Waals surface area contributed by atoms with Crippen molar-refractivity contribution in [2.75, 3.05) is 6.54 Å². The molecular formula is C13H15ClN2O3S. The fourth-order valence-corrected chi connectivity index (χ4v) is 2.84. The van der Waals surface area contributed by atoms with Crippen molar-refractivity contribution in [2.45, 2.75) is 26.4 Å². The van der Waals surface area contributed by atoms with Crippen LogP contribution in [0.25, 0.3) is 0 Å². The average Bonchev–Trinajstić information content (AvgIpc) is 2.97. The molecule has 1 atom stereocenters. The van der Waals surface area contributed by atoms with E-state index in [1.165, 1.54) is 11.3 Å². The van der Waals surface area contributed by atoms with Crippen molar-refractivity contribution in [3.63, 3.8) is 0 Å². The Morgan fingerprint density at radius 1 is 1.55 bits per heavy atom. The Morgan fingerprint density at radius 3 is 2.85 bits per heavy atom. The van der Waals surface area contributed by atoms with E-state index in [1.54, 1.807) is 26.0 Å². The van der Waals surface area contributed by atoms with Crippen LogP contribution >= 0.6 is 22.9 Å². The summed E-state index contributed by atoms with van der Waals surface area (Å²) in [6, 6.07) is 3.47. The van der Waals surface area contributed by atoms with Gasteiger partial charge in [0.25, 0.3) is 0 Å². The molecule has 0 radical (unpaired) electrons. The molecule has 2 rings (SSSR count). The van der Waals surface area contributed by atoms with Crippen LogP contribution in [0.3, 0.4) is 0 Å². The molecule has 0 aliphatic rings. The Kier molecular flexibility index (Phi) is 4.80. The summed E-state index contributed by atoms with van der Waals surface area (Å²) < 4.78 is 5.61. The Hall–Kier alpha value is -1.37. The van der Waals surface area contributed by atoms with Crippen LogP contribution in [0.5, 0.6) is 0 Å². The number of aryl methyl sites for hydroxylation is 2. The summed E-state index contributed by atoms with van der Waals surface area (Å²) in [4.78, 5) is 12.6. The summed E-state index contributed by atoms with van der Waals surface area (Å²) in [7, 11) is 0. The number of aliphatic hydroxyl groups excluding tert-OH is 1. The number of carbonyl (C=O) groups excluding carboxylic acids is 1. The standard InChI is InChI=1S/C13H15ClN2O3S/c1-7-9(8(2)19-16-7)5-13(18)15-6-10(17)11-3-4-12(14)20-11/h3-4,10,17H,5-6H2,1-2H3,(H,15,18)/t10-/m0/s1. The highest BCUT2D eigenvalue weighted by Gasteiger charge is 2.15. The van der Waals surface area contributed by atoms with Gasteiger partial charge in [-0.15, -0.1) is 11.3 Å². The lowest BCUT2D eigenvalue weighted by Gasteiger charge is -2.10. The quantitative estimate of drug-likeness (QED) is 0.888. The molecule has 108 valence electrons. The van der Waals surface area contributed by atoms with Gasteiger partial charge in [0.05, 0.1) is 16.5 Å². The Bertz CT molecular complexity index is 589. The molecule has 0 saturated heterocycles. The first-order chi connectivity index (χ1) is 9.47. The smallest absolute Gasteiger partial charge is 0.224 e. The number of thiophene rings is 1. The molecule has 0 aliphatic carbocycles. The van der Waals surface area contributed by atoms with Crippen molar-refractivity contribution in [3.8, 4) is 0 Å². The average molecular weight is 315 g/mol. The van der Waals surface area contributed by atoms with E-state index in [1.807, 2.05) is 0 Å². The van der Waals surface area contributed by atoms with Crippen LogP contribution in [-0.4, -0.2) is 22.7 Å². The first kappa shape index (κ1) is 15.0. The zero-order chi connectivity index (χ0) is 14.7. The van der Waals surface area contributed by atoms with Gasteiger partial charge in [-0.3, -0.25) is 4.79 Å². The minimum atomic E-state index is -0.749. The molecule has 5 nitrogen and oxygen atoms in total. The van der Waals surface area contributed by atoms with Crippen LogP contribution < -0.4 is 5.32 Å². The Morgan fingerprint density at radius 2 is 2.30 bits per heavy atom. The largest absolute Gasteiger partial charge is 0.386 e. The van der Waals surface area contributed by atoms with Gasteiger partial charge in [0.15, 0.2) is 0 Å². The zero-order valence-corrected chi connectivity index (χ0v) is 12.7. The molecule has 0 saturated carbocycles. The third-order valence-corrected chi connectivity index (χ3v) is 4.27. The van der Waals surface area contributed by atoms with E-state index in [0.717, 1.165) is 10.4 Å². The SMILES string of the molecule is Cc1noc(C)c1CC(=O)NC[C@H](O)c1ccc(Cl)s1. The fourth-order valence-electron chi connectivity index (χ4n) is 1.80. The normalized spacial score (nSPS) is 12.4. The molecule has 20 heavy (non-hydrogen) atoms. The van der Waals surface area contributed by atoms with Gasteiger partial charge in [-0.25, -0.2) is 0 Å². The highest BCUT2D eigenvalue weighted by molar-refractivity contribution is 7.16. The topological polar surface area (TPSA) is 75.4 Å². The molecule has 2 N–H and O–H groups in total. The zero-order valence-electron chi connectivity index (χ0n) is 11.1. The monoisotopic (exact) mass is 314 g/mol. The van der Waals surface area contributed by atoms with Gasteiger partial charge in [0.2, 0.25) is 5.91 Å². The third kappa shape index (κ3) is 3.59. The van der Waals surface area contributed by atoms with E-state index in [0.29, 0.717) is 15.8 Å². The molecule has 0 spiro atoms. The lowest BCUT2D eigenvalue weighted by atomic mass is 10.1. The summed E-state index contributed by atoms with van der Waals surface area (Å²) in [6.45, 7) is 3.71. The van der Waals surface area contributed by atoms with E-state index in [9.17, 15) is 9.90 Å². The molecule has 1 amide bonds. The van der Waals surface area contributed by atoms with E-state index >= 15 is 0 Å². The first-order valence-corrected chi connectivity index (χ1v) is 7.28. The van der Waals surface area contributed by atoms with Crippen LogP contribution in [0.4, 0.5) is 0 Å². The van der Waals surface area contributed by atoms with Crippen LogP contribution in [0.15, 0.2) is 16.7 Å². The highest BCUT2D eigenvalue weighted by atomic mass is 35.5. The maximum Gasteiger partial charge on any atom is 0.224 e. The van der Waals surface area contributed by atoms with Gasteiger partial charge in [-0.2, -0.15) is 0 Å². The molecule has 7 heteroatoms. The van der Waals surface area contributed by atoms with Crippen LogP contribution in [-0.2, 0) is 11.2 Å². The number of rotatable bonds is 5. The van der Waals surface area contributed by atoms with E-state index in [4.69, 9.17) is 16.1 Å². The van der Waals surface area contributed by atoms with Crippen molar-refractivity contribution < 1.29 is 14.4 Å². The molecular weight excluding hydrogens is 300 g/mol. The molecule has 0 aromatic carbocycles. The molecule has 2 heterocycles. The number of hydrogen-bond acceptors (Lipinski definition) is 5. The number of halogens is 1. The van der Waals surface area contributed by atoms with Gasteiger partial charge in [-0.1, -0.05) is 16.8 Å². The molecule has 2 aromatic heterocycles. The fraction of sp³-hybridized carbons (Fsp3) is 0.385. The second-order valence-corrected chi connectivity index (χ2v) is 6.19. The molecule has 0 aliphatic heterocycles. The summed E-state index contributed by atoms with van der Waals surface area (Å²) in [6.07, 6.45) is -0.555. The van der Waals surface area contributed by atoms with Gasteiger partial charge in [0.1, 0.15) is 11.9 Å². The van der Waals surface area contributed by atoms with E-state index in [2.05, 4.69) is 10.5 Å². The van der Waals surface area contributed by atoms with Crippen molar-refractivity contribution in [2.24, 2.45) is 0 Å². The predicted octanol–water partition coefficient (Wildman–Crippen LogP) is 2.40. The summed E-state index contributed by atoms with van der Waals surface area (Å²) in [5.74, 6) is 0.462. The maximum atomic E-state index is 11.8.